The van der Waals surface area contributed by atoms with Crippen LogP contribution in [0.4, 0.5) is 0 Å². The van der Waals surface area contributed by atoms with Crippen molar-refractivity contribution in [3.8, 4) is 0 Å². The third-order valence-corrected chi connectivity index (χ3v) is 14.2. The van der Waals surface area contributed by atoms with E-state index in [1.54, 1.807) is 4.90 Å². The molecular formula is C31H49BrN2O5Si. The zero-order chi connectivity index (χ0) is 29.3. The first-order valence-electron chi connectivity index (χ1n) is 15.0. The van der Waals surface area contributed by atoms with Gasteiger partial charge in [0.1, 0.15) is 18.2 Å². The molecule has 1 aromatic rings. The molecule has 2 amide bonds. The Bertz CT molecular complexity index is 1050. The molecule has 1 aromatic carbocycles. The number of benzene rings is 1. The van der Waals surface area contributed by atoms with Crippen LogP contribution in [0.25, 0.3) is 0 Å². The number of amides is 2. The zero-order valence-electron chi connectivity index (χ0n) is 25.4. The number of nitrogens with one attached hydrogen (secondary N) is 1. The van der Waals surface area contributed by atoms with Gasteiger partial charge in [0.2, 0.25) is 11.8 Å². The Morgan fingerprint density at radius 2 is 1.88 bits per heavy atom. The van der Waals surface area contributed by atoms with E-state index in [2.05, 4.69) is 67.2 Å². The van der Waals surface area contributed by atoms with Crippen molar-refractivity contribution < 1.29 is 23.5 Å². The molecule has 4 atom stereocenters. The van der Waals surface area contributed by atoms with Crippen molar-refractivity contribution in [1.29, 1.82) is 0 Å². The number of halogens is 1. The summed E-state index contributed by atoms with van der Waals surface area (Å²) in [4.78, 5) is 29.3. The maximum atomic E-state index is 13.9. The molecule has 0 radical (unpaired) electrons. The quantitative estimate of drug-likeness (QED) is 0.334. The molecule has 1 saturated carbocycles. The van der Waals surface area contributed by atoms with Gasteiger partial charge in [-0.1, -0.05) is 68.1 Å². The molecule has 7 nitrogen and oxygen atoms in total. The first-order chi connectivity index (χ1) is 18.7. The minimum Gasteiger partial charge on any atom is -0.416 e. The summed E-state index contributed by atoms with van der Waals surface area (Å²) in [7, 11) is -1.97. The number of carbonyl (C=O) groups excluding carboxylic acids is 2. The Morgan fingerprint density at radius 1 is 1.18 bits per heavy atom. The average molecular weight is 638 g/mol. The number of ether oxygens (including phenoxy) is 2. The highest BCUT2D eigenvalue weighted by Crippen LogP contribution is 2.39. The second-order valence-corrected chi connectivity index (χ2v) is 19.7. The monoisotopic (exact) mass is 636 g/mol. The van der Waals surface area contributed by atoms with Gasteiger partial charge in [-0.05, 0) is 68.9 Å². The molecule has 0 bridgehead atoms. The second-order valence-electron chi connectivity index (χ2n) is 13.9. The SMILES string of the molecule is CC1(C)O[C@H]2[C@H](CN(C(=O)C3CCCCC3)[C@@H]2C(=O)NC[C@H](CO[Si](C)(C)C(C)(C)C)Cc2cccc(Br)c2)O1. The van der Waals surface area contributed by atoms with E-state index in [9.17, 15) is 9.59 Å². The zero-order valence-corrected chi connectivity index (χ0v) is 28.0. The van der Waals surface area contributed by atoms with Crippen molar-refractivity contribution in [3.05, 3.63) is 34.3 Å². The molecule has 1 aliphatic carbocycles. The molecule has 9 heteroatoms. The summed E-state index contributed by atoms with van der Waals surface area (Å²) in [5.74, 6) is -0.785. The molecule has 0 aromatic heterocycles. The van der Waals surface area contributed by atoms with E-state index in [0.29, 0.717) is 19.7 Å². The predicted molar refractivity (Wildman–Crippen MR) is 163 cm³/mol. The molecule has 2 heterocycles. The van der Waals surface area contributed by atoms with Crippen LogP contribution in [-0.4, -0.2) is 68.8 Å². The lowest BCUT2D eigenvalue weighted by molar-refractivity contribution is -0.171. The predicted octanol–water partition coefficient (Wildman–Crippen LogP) is 6.06. The highest BCUT2D eigenvalue weighted by Gasteiger charge is 2.57. The summed E-state index contributed by atoms with van der Waals surface area (Å²) in [6, 6.07) is 7.61. The van der Waals surface area contributed by atoms with Gasteiger partial charge in [-0.15, -0.1) is 0 Å². The van der Waals surface area contributed by atoms with E-state index in [4.69, 9.17) is 13.9 Å². The van der Waals surface area contributed by atoms with Crippen molar-refractivity contribution in [2.24, 2.45) is 11.8 Å². The van der Waals surface area contributed by atoms with Gasteiger partial charge >= 0.3 is 0 Å². The number of fused-ring (bicyclic) bond motifs is 1. The van der Waals surface area contributed by atoms with E-state index in [1.807, 2.05) is 26.0 Å². The summed E-state index contributed by atoms with van der Waals surface area (Å²) in [6.45, 7) is 16.4. The van der Waals surface area contributed by atoms with Gasteiger partial charge in [-0.2, -0.15) is 0 Å². The fourth-order valence-electron chi connectivity index (χ4n) is 5.94. The van der Waals surface area contributed by atoms with Crippen LogP contribution in [0.1, 0.15) is 72.3 Å². The van der Waals surface area contributed by atoms with Crippen molar-refractivity contribution >= 4 is 36.1 Å². The first kappa shape index (κ1) is 31.7. The Hall–Kier alpha value is -1.26. The third kappa shape index (κ3) is 7.57. The lowest BCUT2D eigenvalue weighted by Crippen LogP contribution is -2.53. The summed E-state index contributed by atoms with van der Waals surface area (Å²) < 4.78 is 20.0. The fourth-order valence-corrected chi connectivity index (χ4v) is 7.47. The van der Waals surface area contributed by atoms with Crippen LogP contribution in [0, 0.1) is 11.8 Å². The molecule has 224 valence electrons. The summed E-state index contributed by atoms with van der Waals surface area (Å²) in [5.41, 5.74) is 1.19. The lowest BCUT2D eigenvalue weighted by atomic mass is 9.88. The summed E-state index contributed by atoms with van der Waals surface area (Å²) >= 11 is 3.59. The van der Waals surface area contributed by atoms with Crippen LogP contribution in [0.2, 0.25) is 18.1 Å². The maximum absolute atomic E-state index is 13.9. The molecule has 3 fully saturated rings. The van der Waals surface area contributed by atoms with Crippen molar-refractivity contribution in [2.45, 2.75) is 115 Å². The first-order valence-corrected chi connectivity index (χ1v) is 18.7. The topological polar surface area (TPSA) is 77.1 Å². The van der Waals surface area contributed by atoms with Crippen molar-refractivity contribution in [1.82, 2.24) is 10.2 Å². The van der Waals surface area contributed by atoms with Gasteiger partial charge < -0.3 is 24.1 Å². The molecular weight excluding hydrogens is 588 g/mol. The van der Waals surface area contributed by atoms with Crippen LogP contribution < -0.4 is 5.32 Å². The molecule has 0 spiro atoms. The van der Waals surface area contributed by atoms with Gasteiger partial charge in [0, 0.05) is 29.5 Å². The van der Waals surface area contributed by atoms with Crippen molar-refractivity contribution in [3.63, 3.8) is 0 Å². The number of rotatable bonds is 9. The average Bonchev–Trinajstić information content (AvgIpc) is 3.36. The minimum absolute atomic E-state index is 0.0156. The molecule has 2 aliphatic heterocycles. The van der Waals surface area contributed by atoms with Crippen LogP contribution in [-0.2, 0) is 29.9 Å². The Balaban J connectivity index is 1.49. The largest absolute Gasteiger partial charge is 0.416 e. The number of hydrogen-bond acceptors (Lipinski definition) is 5. The van der Waals surface area contributed by atoms with Crippen LogP contribution in [0.15, 0.2) is 28.7 Å². The summed E-state index contributed by atoms with van der Waals surface area (Å²) in [6.07, 6.45) is 5.13. The molecule has 3 aliphatic rings. The lowest BCUT2D eigenvalue weighted by Gasteiger charge is -2.37. The molecule has 40 heavy (non-hydrogen) atoms. The van der Waals surface area contributed by atoms with Gasteiger partial charge in [0.05, 0.1) is 6.54 Å². The third-order valence-electron chi connectivity index (χ3n) is 9.22. The highest BCUT2D eigenvalue weighted by molar-refractivity contribution is 9.10. The van der Waals surface area contributed by atoms with E-state index in [0.717, 1.165) is 36.6 Å². The van der Waals surface area contributed by atoms with Crippen LogP contribution in [0.3, 0.4) is 0 Å². The van der Waals surface area contributed by atoms with Crippen LogP contribution in [0.5, 0.6) is 0 Å². The number of hydrogen-bond donors (Lipinski definition) is 1. The summed E-state index contributed by atoms with van der Waals surface area (Å²) in [5, 5.41) is 3.32. The Kier molecular flexibility index (Phi) is 9.93. The fraction of sp³-hybridized carbons (Fsp3) is 0.742. The van der Waals surface area contributed by atoms with E-state index < -0.39 is 26.3 Å². The van der Waals surface area contributed by atoms with E-state index in [-0.39, 0.29) is 34.8 Å². The number of likely N-dealkylation sites (tertiary alicyclic amines) is 1. The maximum Gasteiger partial charge on any atom is 0.245 e. The molecule has 1 N–H and O–H groups in total. The minimum atomic E-state index is -1.97. The van der Waals surface area contributed by atoms with Gasteiger partial charge in [0.15, 0.2) is 14.1 Å². The standard InChI is InChI=1S/C31H49BrN2O5Si/c1-30(2,3)40(6,7)37-20-22(16-21-12-11-15-24(32)17-21)18-33-28(35)26-27-25(38-31(4,5)39-27)19-34(26)29(36)23-13-9-8-10-14-23/h11-12,15,17,22-23,25-27H,8-10,13-14,16,18-20H2,1-7H3,(H,33,35)/t22-,25+,26+,27+/m1/s1. The van der Waals surface area contributed by atoms with E-state index >= 15 is 0 Å². The Labute approximate surface area is 250 Å². The van der Waals surface area contributed by atoms with E-state index in [1.165, 1.54) is 12.0 Å². The smallest absolute Gasteiger partial charge is 0.245 e. The number of nitrogens with zero attached hydrogens (tertiary/aromatic N) is 1. The van der Waals surface area contributed by atoms with Gasteiger partial charge in [-0.3, -0.25) is 9.59 Å². The molecule has 2 saturated heterocycles. The molecule has 0 unspecified atom stereocenters. The van der Waals surface area contributed by atoms with Gasteiger partial charge in [0.25, 0.3) is 0 Å². The van der Waals surface area contributed by atoms with Crippen LogP contribution >= 0.6 is 15.9 Å². The molecule has 4 rings (SSSR count). The highest BCUT2D eigenvalue weighted by atomic mass is 79.9. The van der Waals surface area contributed by atoms with Gasteiger partial charge in [-0.25, -0.2) is 0 Å². The second kappa shape index (κ2) is 12.5. The normalized spacial score (nSPS) is 26.0. The Morgan fingerprint density at radius 3 is 2.52 bits per heavy atom. The van der Waals surface area contributed by atoms with Crippen molar-refractivity contribution in [2.75, 3.05) is 19.7 Å². The number of carbonyl (C=O) groups is 2.